The monoisotopic (exact) mass is 584 g/mol. The van der Waals surface area contributed by atoms with Crippen molar-refractivity contribution in [1.82, 2.24) is 20.8 Å². The van der Waals surface area contributed by atoms with Crippen molar-refractivity contribution < 1.29 is 27.9 Å². The second-order valence-electron chi connectivity index (χ2n) is 13.5. The lowest BCUT2D eigenvalue weighted by atomic mass is 9.70. The molecule has 1 heterocycles. The molecule has 0 aliphatic heterocycles. The summed E-state index contributed by atoms with van der Waals surface area (Å²) in [6, 6.07) is 2.31. The summed E-state index contributed by atoms with van der Waals surface area (Å²) >= 11 is 0. The number of carbonyl (C=O) groups excluding carboxylic acids is 2. The van der Waals surface area contributed by atoms with Gasteiger partial charge in [-0.3, -0.25) is 9.59 Å². The van der Waals surface area contributed by atoms with Crippen molar-refractivity contribution in [1.29, 1.82) is 0 Å². The van der Waals surface area contributed by atoms with Crippen LogP contribution in [0.5, 0.6) is 11.5 Å². The smallest absolute Gasteiger partial charge is 0.434 e. The van der Waals surface area contributed by atoms with E-state index in [0.717, 1.165) is 32.1 Å². The maximum atomic E-state index is 15.1. The quantitative estimate of drug-likeness (QED) is 0.401. The fourth-order valence-corrected chi connectivity index (χ4v) is 7.68. The SMILES string of the molecule is COc1cc(F)c(O[C@H]2CC[C@@](C)(c3n[nH]c(=O)o3)CC2)cc1C(=O)N[C@@H]1[C@H]2CC[C@H](C2)[C@@H]1C(=O)NCC1(C)CCC1. The zero-order valence-electron chi connectivity index (χ0n) is 24.6. The first-order valence-corrected chi connectivity index (χ1v) is 15.3. The van der Waals surface area contributed by atoms with Crippen LogP contribution in [-0.2, 0) is 10.2 Å². The summed E-state index contributed by atoms with van der Waals surface area (Å²) in [6.45, 7) is 4.86. The number of nitrogens with zero attached hydrogens (tertiary/aromatic N) is 1. The van der Waals surface area contributed by atoms with E-state index in [1.807, 2.05) is 6.92 Å². The molecule has 4 saturated carbocycles. The summed E-state index contributed by atoms with van der Waals surface area (Å²) in [5.74, 6) is -0.883. The third-order valence-corrected chi connectivity index (χ3v) is 10.5. The highest BCUT2D eigenvalue weighted by molar-refractivity contribution is 5.98. The molecule has 4 aliphatic carbocycles. The topological polar surface area (TPSA) is 136 Å². The van der Waals surface area contributed by atoms with E-state index in [1.54, 1.807) is 0 Å². The van der Waals surface area contributed by atoms with Crippen LogP contribution in [0.3, 0.4) is 0 Å². The van der Waals surface area contributed by atoms with E-state index in [2.05, 4.69) is 27.8 Å². The molecule has 0 radical (unpaired) electrons. The second kappa shape index (κ2) is 11.0. The van der Waals surface area contributed by atoms with Gasteiger partial charge in [-0.25, -0.2) is 14.3 Å². The van der Waals surface area contributed by atoms with Crippen molar-refractivity contribution in [3.63, 3.8) is 0 Å². The zero-order valence-corrected chi connectivity index (χ0v) is 24.6. The fourth-order valence-electron chi connectivity index (χ4n) is 7.68. The number of aromatic amines is 1. The number of H-pyrrole nitrogens is 1. The third kappa shape index (κ3) is 5.42. The number of aromatic nitrogens is 2. The van der Waals surface area contributed by atoms with Crippen LogP contribution in [0, 0.1) is 29.0 Å². The third-order valence-electron chi connectivity index (χ3n) is 10.5. The molecular formula is C31H41FN4O6. The molecule has 6 rings (SSSR count). The Hall–Kier alpha value is -3.37. The molecule has 2 amide bonds. The number of benzene rings is 1. The van der Waals surface area contributed by atoms with Crippen molar-refractivity contribution in [3.05, 3.63) is 40.0 Å². The number of rotatable bonds is 9. The van der Waals surface area contributed by atoms with Gasteiger partial charge in [0.25, 0.3) is 5.91 Å². The van der Waals surface area contributed by atoms with E-state index < -0.39 is 22.9 Å². The molecule has 2 bridgehead atoms. The van der Waals surface area contributed by atoms with Gasteiger partial charge in [-0.15, -0.1) is 5.10 Å². The number of fused-ring (bicyclic) bond motifs is 2. The molecule has 4 fully saturated rings. The van der Waals surface area contributed by atoms with Crippen LogP contribution in [0.2, 0.25) is 0 Å². The highest BCUT2D eigenvalue weighted by Crippen LogP contribution is 2.49. The molecule has 42 heavy (non-hydrogen) atoms. The van der Waals surface area contributed by atoms with Crippen LogP contribution in [0.4, 0.5) is 4.39 Å². The van der Waals surface area contributed by atoms with Crippen LogP contribution < -0.4 is 25.9 Å². The molecule has 11 heteroatoms. The second-order valence-corrected chi connectivity index (χ2v) is 13.5. The first kappa shape index (κ1) is 28.7. The number of nitrogens with one attached hydrogen (secondary N) is 3. The van der Waals surface area contributed by atoms with E-state index in [4.69, 9.17) is 13.9 Å². The lowest BCUT2D eigenvalue weighted by Crippen LogP contribution is -2.51. The normalized spacial score (nSPS) is 31.3. The Balaban J connectivity index is 1.14. The molecule has 3 N–H and O–H groups in total. The maximum Gasteiger partial charge on any atom is 0.434 e. The lowest BCUT2D eigenvalue weighted by Gasteiger charge is -2.39. The predicted octanol–water partition coefficient (Wildman–Crippen LogP) is 4.24. The number of hydrogen-bond donors (Lipinski definition) is 3. The minimum absolute atomic E-state index is 0.0168. The average molecular weight is 585 g/mol. The highest BCUT2D eigenvalue weighted by Gasteiger charge is 2.52. The Morgan fingerprint density at radius 2 is 1.83 bits per heavy atom. The van der Waals surface area contributed by atoms with Gasteiger partial charge in [0.1, 0.15) is 5.75 Å². The molecule has 1 aromatic carbocycles. The molecular weight excluding hydrogens is 543 g/mol. The summed E-state index contributed by atoms with van der Waals surface area (Å²) < 4.78 is 31.8. The Morgan fingerprint density at radius 1 is 1.10 bits per heavy atom. The average Bonchev–Trinajstić information content (AvgIpc) is 3.70. The van der Waals surface area contributed by atoms with Gasteiger partial charge >= 0.3 is 5.76 Å². The number of methoxy groups -OCH3 is 1. The van der Waals surface area contributed by atoms with Gasteiger partial charge in [0, 0.05) is 24.1 Å². The number of ether oxygens (including phenoxy) is 2. The van der Waals surface area contributed by atoms with Crippen LogP contribution in [0.15, 0.2) is 21.3 Å². The van der Waals surface area contributed by atoms with Crippen molar-refractivity contribution >= 4 is 11.8 Å². The molecule has 0 saturated heterocycles. The van der Waals surface area contributed by atoms with Crippen LogP contribution in [0.25, 0.3) is 0 Å². The summed E-state index contributed by atoms with van der Waals surface area (Å²) in [6.07, 6.45) is 8.56. The van der Waals surface area contributed by atoms with Gasteiger partial charge in [0.15, 0.2) is 11.6 Å². The Kier molecular flexibility index (Phi) is 7.55. The maximum absolute atomic E-state index is 15.1. The van der Waals surface area contributed by atoms with Crippen molar-refractivity contribution in [3.8, 4) is 11.5 Å². The summed E-state index contributed by atoms with van der Waals surface area (Å²) in [5, 5.41) is 12.6. The van der Waals surface area contributed by atoms with Crippen LogP contribution in [0.1, 0.15) is 94.3 Å². The Bertz CT molecular complexity index is 1390. The number of halogens is 1. The van der Waals surface area contributed by atoms with Crippen molar-refractivity contribution in [2.75, 3.05) is 13.7 Å². The highest BCUT2D eigenvalue weighted by atomic mass is 19.1. The molecule has 0 spiro atoms. The van der Waals surface area contributed by atoms with Gasteiger partial charge in [-0.05, 0) is 81.1 Å². The van der Waals surface area contributed by atoms with Gasteiger partial charge in [0.05, 0.1) is 24.7 Å². The first-order valence-electron chi connectivity index (χ1n) is 15.3. The molecule has 2 aromatic rings. The standard InChI is InChI=1S/C31H41FN4O6/c1-30(9-4-10-30)16-33-27(38)24-17-5-6-18(13-17)25(24)34-26(37)20-14-23(21(32)15-22(20)40-3)41-19-7-11-31(2,12-8-19)28-35-36-29(39)42-28/h14-15,17-19,24-25H,4-13,16H2,1-3H3,(H,33,38)(H,34,37)(H,36,39)/t17-,18+,19-,24+,25-,31+/m1/s1. The van der Waals surface area contributed by atoms with Crippen LogP contribution in [-0.4, -0.2) is 47.8 Å². The van der Waals surface area contributed by atoms with Crippen molar-refractivity contribution in [2.24, 2.45) is 23.2 Å². The molecule has 10 nitrogen and oxygen atoms in total. The van der Waals surface area contributed by atoms with E-state index >= 15 is 4.39 Å². The largest absolute Gasteiger partial charge is 0.496 e. The van der Waals surface area contributed by atoms with Crippen LogP contribution >= 0.6 is 0 Å². The molecule has 4 aliphatic rings. The minimum atomic E-state index is -0.614. The number of amides is 2. The molecule has 4 atom stereocenters. The molecule has 0 unspecified atom stereocenters. The molecule has 228 valence electrons. The number of hydrogen-bond acceptors (Lipinski definition) is 7. The molecule has 1 aromatic heterocycles. The Morgan fingerprint density at radius 3 is 2.48 bits per heavy atom. The first-order chi connectivity index (χ1) is 20.1. The predicted molar refractivity (Wildman–Crippen MR) is 151 cm³/mol. The van der Waals surface area contributed by atoms with Gasteiger partial charge in [0.2, 0.25) is 11.8 Å². The Labute approximate surface area is 244 Å². The number of carbonyl (C=O) groups is 2. The van der Waals surface area contributed by atoms with E-state index in [1.165, 1.54) is 25.7 Å². The van der Waals surface area contributed by atoms with E-state index in [9.17, 15) is 14.4 Å². The summed E-state index contributed by atoms with van der Waals surface area (Å²) in [7, 11) is 1.40. The van der Waals surface area contributed by atoms with E-state index in [0.29, 0.717) is 38.1 Å². The van der Waals surface area contributed by atoms with E-state index in [-0.39, 0.29) is 58.3 Å². The summed E-state index contributed by atoms with van der Waals surface area (Å²) in [5.41, 5.74) is -0.0614. The lowest BCUT2D eigenvalue weighted by molar-refractivity contribution is -0.128. The summed E-state index contributed by atoms with van der Waals surface area (Å²) in [4.78, 5) is 38.4. The van der Waals surface area contributed by atoms with Gasteiger partial charge in [-0.1, -0.05) is 20.3 Å². The minimum Gasteiger partial charge on any atom is -0.496 e. The fraction of sp³-hybridized carbons (Fsp3) is 0.677. The zero-order chi connectivity index (χ0) is 29.6. The van der Waals surface area contributed by atoms with Crippen molar-refractivity contribution in [2.45, 2.75) is 95.6 Å². The van der Waals surface area contributed by atoms with Gasteiger partial charge in [-0.2, -0.15) is 0 Å². The van der Waals surface area contributed by atoms with Gasteiger partial charge < -0.3 is 24.5 Å².